The second kappa shape index (κ2) is 7.13. The molecule has 0 amide bonds. The van der Waals surface area contributed by atoms with Crippen LogP contribution in [0.25, 0.3) is 0 Å². The Morgan fingerprint density at radius 3 is 2.54 bits per heavy atom. The molecule has 1 unspecified atom stereocenters. The van der Waals surface area contributed by atoms with Crippen LogP contribution in [-0.4, -0.2) is 35.9 Å². The molecule has 0 radical (unpaired) electrons. The van der Waals surface area contributed by atoms with Crippen LogP contribution in [0.15, 0.2) is 22.7 Å². The SMILES string of the molecule is CCc1cc(C2CCCN2Cc2cc(OC)c(O)c(OC)c2)on1. The van der Waals surface area contributed by atoms with Gasteiger partial charge in [-0.2, -0.15) is 0 Å². The maximum absolute atomic E-state index is 10.0. The van der Waals surface area contributed by atoms with Crippen molar-refractivity contribution in [1.82, 2.24) is 10.1 Å². The second-order valence-corrected chi connectivity index (χ2v) is 6.05. The van der Waals surface area contributed by atoms with Crippen LogP contribution in [0.3, 0.4) is 0 Å². The predicted molar refractivity (Wildman–Crippen MR) is 89.5 cm³/mol. The van der Waals surface area contributed by atoms with Crippen molar-refractivity contribution in [3.8, 4) is 17.2 Å². The van der Waals surface area contributed by atoms with Gasteiger partial charge in [0, 0.05) is 12.6 Å². The van der Waals surface area contributed by atoms with E-state index in [-0.39, 0.29) is 11.8 Å². The van der Waals surface area contributed by atoms with E-state index in [0.717, 1.165) is 49.4 Å². The summed E-state index contributed by atoms with van der Waals surface area (Å²) in [6.07, 6.45) is 3.06. The number of hydrogen-bond acceptors (Lipinski definition) is 6. The average Bonchev–Trinajstić information content (AvgIpc) is 3.24. The summed E-state index contributed by atoms with van der Waals surface area (Å²) in [6.45, 7) is 3.81. The molecule has 1 N–H and O–H groups in total. The van der Waals surface area contributed by atoms with Gasteiger partial charge in [-0.25, -0.2) is 0 Å². The van der Waals surface area contributed by atoms with Crippen LogP contribution in [0.2, 0.25) is 0 Å². The van der Waals surface area contributed by atoms with Crippen LogP contribution < -0.4 is 9.47 Å². The van der Waals surface area contributed by atoms with Gasteiger partial charge in [-0.05, 0) is 43.5 Å². The monoisotopic (exact) mass is 332 g/mol. The number of phenols is 1. The minimum atomic E-state index is 0.0320. The molecular formula is C18H24N2O4. The van der Waals surface area contributed by atoms with Crippen LogP contribution in [0, 0.1) is 0 Å². The molecule has 0 spiro atoms. The summed E-state index contributed by atoms with van der Waals surface area (Å²) in [7, 11) is 3.08. The van der Waals surface area contributed by atoms with E-state index in [1.807, 2.05) is 12.1 Å². The van der Waals surface area contributed by atoms with Crippen LogP contribution in [-0.2, 0) is 13.0 Å². The number of nitrogens with zero attached hydrogens (tertiary/aromatic N) is 2. The second-order valence-electron chi connectivity index (χ2n) is 6.05. The molecule has 0 saturated carbocycles. The van der Waals surface area contributed by atoms with Crippen molar-refractivity contribution in [1.29, 1.82) is 0 Å². The van der Waals surface area contributed by atoms with E-state index in [2.05, 4.69) is 23.0 Å². The number of benzene rings is 1. The number of likely N-dealkylation sites (tertiary alicyclic amines) is 1. The highest BCUT2D eigenvalue weighted by Crippen LogP contribution is 2.39. The van der Waals surface area contributed by atoms with E-state index in [4.69, 9.17) is 14.0 Å². The maximum Gasteiger partial charge on any atom is 0.200 e. The first-order valence-electron chi connectivity index (χ1n) is 8.29. The summed E-state index contributed by atoms with van der Waals surface area (Å²) in [6, 6.07) is 6.00. The van der Waals surface area contributed by atoms with Crippen molar-refractivity contribution in [3.05, 3.63) is 35.2 Å². The minimum absolute atomic E-state index is 0.0320. The van der Waals surface area contributed by atoms with Crippen molar-refractivity contribution in [2.24, 2.45) is 0 Å². The minimum Gasteiger partial charge on any atom is -0.502 e. The lowest BCUT2D eigenvalue weighted by Crippen LogP contribution is -2.22. The first-order chi connectivity index (χ1) is 11.7. The molecule has 1 aliphatic rings. The third-order valence-electron chi connectivity index (χ3n) is 4.56. The molecule has 1 aromatic carbocycles. The third-order valence-corrected chi connectivity index (χ3v) is 4.56. The van der Waals surface area contributed by atoms with Crippen LogP contribution in [0.5, 0.6) is 17.2 Å². The number of methoxy groups -OCH3 is 2. The first kappa shape index (κ1) is 16.6. The standard InChI is InChI=1S/C18H24N2O4/c1-4-13-10-15(24-19-13)14-6-5-7-20(14)11-12-8-16(22-2)18(21)17(9-12)23-3/h8-10,14,21H,4-7,11H2,1-3H3. The number of hydrogen-bond donors (Lipinski definition) is 1. The molecule has 6 nitrogen and oxygen atoms in total. The first-order valence-corrected chi connectivity index (χ1v) is 8.29. The smallest absolute Gasteiger partial charge is 0.200 e. The molecule has 2 aromatic rings. The van der Waals surface area contributed by atoms with E-state index < -0.39 is 0 Å². The number of ether oxygens (including phenoxy) is 2. The van der Waals surface area contributed by atoms with E-state index in [1.54, 1.807) is 0 Å². The van der Waals surface area contributed by atoms with Crippen molar-refractivity contribution >= 4 is 0 Å². The lowest BCUT2D eigenvalue weighted by atomic mass is 10.1. The zero-order valence-corrected chi connectivity index (χ0v) is 14.4. The highest BCUT2D eigenvalue weighted by atomic mass is 16.5. The van der Waals surface area contributed by atoms with E-state index in [9.17, 15) is 5.11 Å². The summed E-state index contributed by atoms with van der Waals surface area (Å²) in [5.74, 6) is 1.81. The molecule has 2 heterocycles. The van der Waals surface area contributed by atoms with Crippen LogP contribution >= 0.6 is 0 Å². The van der Waals surface area contributed by atoms with Gasteiger partial charge in [0.2, 0.25) is 5.75 Å². The summed E-state index contributed by atoms with van der Waals surface area (Å²) < 4.78 is 16.0. The van der Waals surface area contributed by atoms with Gasteiger partial charge in [-0.1, -0.05) is 12.1 Å². The lowest BCUT2D eigenvalue weighted by Gasteiger charge is -2.23. The summed E-state index contributed by atoms with van der Waals surface area (Å²) >= 11 is 0. The lowest BCUT2D eigenvalue weighted by molar-refractivity contribution is 0.206. The Bertz CT molecular complexity index is 673. The van der Waals surface area contributed by atoms with E-state index >= 15 is 0 Å². The van der Waals surface area contributed by atoms with Gasteiger partial charge in [0.1, 0.15) is 0 Å². The quantitative estimate of drug-likeness (QED) is 0.875. The maximum atomic E-state index is 10.0. The van der Waals surface area contributed by atoms with Gasteiger partial charge in [-0.15, -0.1) is 0 Å². The Balaban J connectivity index is 1.81. The zero-order chi connectivity index (χ0) is 17.1. The Morgan fingerprint density at radius 2 is 1.96 bits per heavy atom. The van der Waals surface area contributed by atoms with E-state index in [1.165, 1.54) is 14.2 Å². The Morgan fingerprint density at radius 1 is 1.25 bits per heavy atom. The Kier molecular flexibility index (Phi) is 4.94. The Hall–Kier alpha value is -2.21. The molecule has 6 heteroatoms. The van der Waals surface area contributed by atoms with Crippen molar-refractivity contribution in [2.75, 3.05) is 20.8 Å². The summed E-state index contributed by atoms with van der Waals surface area (Å²) in [5.41, 5.74) is 2.02. The normalized spacial score (nSPS) is 18.0. The van der Waals surface area contributed by atoms with Crippen molar-refractivity contribution in [2.45, 2.75) is 38.8 Å². The molecule has 24 heavy (non-hydrogen) atoms. The van der Waals surface area contributed by atoms with Crippen LogP contribution in [0.1, 0.15) is 42.8 Å². The van der Waals surface area contributed by atoms with Crippen molar-refractivity contribution < 1.29 is 19.1 Å². The van der Waals surface area contributed by atoms with Gasteiger partial charge in [-0.3, -0.25) is 4.90 Å². The third kappa shape index (κ3) is 3.19. The van der Waals surface area contributed by atoms with Gasteiger partial charge in [0.05, 0.1) is 26.0 Å². The molecule has 130 valence electrons. The van der Waals surface area contributed by atoms with Gasteiger partial charge < -0.3 is 19.1 Å². The summed E-state index contributed by atoms with van der Waals surface area (Å²) in [5, 5.41) is 14.2. The highest BCUT2D eigenvalue weighted by molar-refractivity contribution is 5.52. The number of aromatic hydroxyl groups is 1. The molecule has 1 saturated heterocycles. The number of aryl methyl sites for hydroxylation is 1. The molecule has 1 fully saturated rings. The highest BCUT2D eigenvalue weighted by Gasteiger charge is 2.29. The van der Waals surface area contributed by atoms with Crippen LogP contribution in [0.4, 0.5) is 0 Å². The zero-order valence-electron chi connectivity index (χ0n) is 14.4. The van der Waals surface area contributed by atoms with Gasteiger partial charge in [0.25, 0.3) is 0 Å². The molecule has 0 aliphatic carbocycles. The fourth-order valence-electron chi connectivity index (χ4n) is 3.26. The molecule has 1 aromatic heterocycles. The molecule has 1 atom stereocenters. The predicted octanol–water partition coefficient (Wildman–Crippen LogP) is 3.30. The largest absolute Gasteiger partial charge is 0.502 e. The molecule has 1 aliphatic heterocycles. The fourth-order valence-corrected chi connectivity index (χ4v) is 3.26. The topological polar surface area (TPSA) is 68.0 Å². The fraction of sp³-hybridized carbons (Fsp3) is 0.500. The number of aromatic nitrogens is 1. The van der Waals surface area contributed by atoms with Crippen molar-refractivity contribution in [3.63, 3.8) is 0 Å². The molecular weight excluding hydrogens is 308 g/mol. The number of phenolic OH excluding ortho intramolecular Hbond substituents is 1. The van der Waals surface area contributed by atoms with Gasteiger partial charge in [0.15, 0.2) is 17.3 Å². The van der Waals surface area contributed by atoms with E-state index in [0.29, 0.717) is 11.5 Å². The molecule has 3 rings (SSSR count). The molecule has 0 bridgehead atoms. The number of rotatable bonds is 6. The summed E-state index contributed by atoms with van der Waals surface area (Å²) in [4.78, 5) is 2.37. The average molecular weight is 332 g/mol. The van der Waals surface area contributed by atoms with Gasteiger partial charge >= 0.3 is 0 Å². The Labute approximate surface area is 142 Å².